The smallest absolute Gasteiger partial charge is 0.312 e. The topological polar surface area (TPSA) is 72.8 Å². The number of hydrogen-bond donors (Lipinski definition) is 1. The Labute approximate surface area is 180 Å². The van der Waals surface area contributed by atoms with Crippen molar-refractivity contribution in [3.8, 4) is 0 Å². The minimum absolute atomic E-state index is 0.0955. The molecule has 3 rings (SSSR count). The Balaban J connectivity index is 1.73. The van der Waals surface area contributed by atoms with Crippen molar-refractivity contribution in [1.29, 1.82) is 0 Å². The van der Waals surface area contributed by atoms with Gasteiger partial charge in [-0.25, -0.2) is 0 Å². The maximum absolute atomic E-state index is 13.0. The molecule has 0 spiro atoms. The van der Waals surface area contributed by atoms with Gasteiger partial charge < -0.3 is 14.6 Å². The molecule has 1 heterocycles. The number of aliphatic hydroxyl groups excluding tert-OH is 1. The number of esters is 2. The van der Waals surface area contributed by atoms with Gasteiger partial charge in [0.05, 0.1) is 17.9 Å². The van der Waals surface area contributed by atoms with Crippen LogP contribution in [0, 0.1) is 29.1 Å². The lowest BCUT2D eigenvalue weighted by Crippen LogP contribution is -2.43. The van der Waals surface area contributed by atoms with Crippen LogP contribution in [-0.2, 0) is 19.1 Å². The van der Waals surface area contributed by atoms with E-state index in [9.17, 15) is 14.7 Å². The number of carbonyl (C=O) groups is 2. The average molecular weight is 419 g/mol. The van der Waals surface area contributed by atoms with Crippen molar-refractivity contribution >= 4 is 11.9 Å². The van der Waals surface area contributed by atoms with Crippen LogP contribution < -0.4 is 0 Å². The lowest BCUT2D eigenvalue weighted by atomic mass is 9.66. The predicted molar refractivity (Wildman–Crippen MR) is 115 cm³/mol. The summed E-state index contributed by atoms with van der Waals surface area (Å²) in [4.78, 5) is 24.7. The first-order valence-electron chi connectivity index (χ1n) is 11.6. The van der Waals surface area contributed by atoms with Crippen molar-refractivity contribution in [3.05, 3.63) is 23.8 Å². The second-order valence-corrected chi connectivity index (χ2v) is 10.3. The third-order valence-electron chi connectivity index (χ3n) is 7.63. The summed E-state index contributed by atoms with van der Waals surface area (Å²) in [5.74, 6) is 0.630. The first kappa shape index (κ1) is 23.1. The van der Waals surface area contributed by atoms with E-state index in [1.165, 1.54) is 5.57 Å². The Morgan fingerprint density at radius 3 is 2.73 bits per heavy atom. The fourth-order valence-electron chi connectivity index (χ4n) is 4.90. The van der Waals surface area contributed by atoms with Crippen molar-refractivity contribution in [2.24, 2.45) is 29.1 Å². The Kier molecular flexibility index (Phi) is 7.11. The van der Waals surface area contributed by atoms with E-state index in [0.717, 1.165) is 25.7 Å². The van der Waals surface area contributed by atoms with Crippen molar-refractivity contribution in [2.45, 2.75) is 91.5 Å². The van der Waals surface area contributed by atoms with Gasteiger partial charge in [0.1, 0.15) is 12.2 Å². The maximum atomic E-state index is 13.0. The molecule has 1 saturated heterocycles. The first-order chi connectivity index (χ1) is 14.1. The van der Waals surface area contributed by atoms with Crippen LogP contribution >= 0.6 is 0 Å². The van der Waals surface area contributed by atoms with Gasteiger partial charge in [-0.15, -0.1) is 0 Å². The molecule has 3 aliphatic rings. The average Bonchev–Trinajstić information content (AvgIpc) is 2.66. The highest BCUT2D eigenvalue weighted by molar-refractivity contribution is 5.76. The van der Waals surface area contributed by atoms with Gasteiger partial charge in [0.2, 0.25) is 0 Å². The van der Waals surface area contributed by atoms with Crippen LogP contribution in [0.2, 0.25) is 0 Å². The lowest BCUT2D eigenvalue weighted by molar-refractivity contribution is -0.167. The quantitative estimate of drug-likeness (QED) is 0.639. The summed E-state index contributed by atoms with van der Waals surface area (Å²) in [6.45, 7) is 10.3. The molecule has 6 unspecified atom stereocenters. The summed E-state index contributed by atoms with van der Waals surface area (Å²) in [5.41, 5.74) is 0.754. The van der Waals surface area contributed by atoms with E-state index in [2.05, 4.69) is 39.0 Å². The number of fused-ring (bicyclic) bond motifs is 1. The molecule has 1 fully saturated rings. The summed E-state index contributed by atoms with van der Waals surface area (Å²) in [6.07, 6.45) is 9.76. The Morgan fingerprint density at radius 2 is 2.07 bits per heavy atom. The molecule has 1 N–H and O–H groups in total. The van der Waals surface area contributed by atoms with Crippen LogP contribution in [0.5, 0.6) is 0 Å². The second kappa shape index (κ2) is 9.25. The van der Waals surface area contributed by atoms with Crippen LogP contribution in [0.4, 0.5) is 0 Å². The van der Waals surface area contributed by atoms with Gasteiger partial charge in [-0.05, 0) is 62.9 Å². The summed E-state index contributed by atoms with van der Waals surface area (Å²) in [6, 6.07) is 0. The molecule has 0 aromatic heterocycles. The summed E-state index contributed by atoms with van der Waals surface area (Å²) >= 11 is 0. The molecule has 0 bridgehead atoms. The number of cyclic esters (lactones) is 1. The van der Waals surface area contributed by atoms with Crippen molar-refractivity contribution < 1.29 is 24.2 Å². The van der Waals surface area contributed by atoms with E-state index < -0.39 is 11.5 Å². The molecule has 5 nitrogen and oxygen atoms in total. The zero-order valence-corrected chi connectivity index (χ0v) is 19.1. The molecule has 30 heavy (non-hydrogen) atoms. The molecule has 168 valence electrons. The number of ether oxygens (including phenoxy) is 2. The lowest BCUT2D eigenvalue weighted by Gasteiger charge is -2.43. The van der Waals surface area contributed by atoms with Crippen molar-refractivity contribution in [3.63, 3.8) is 0 Å². The maximum Gasteiger partial charge on any atom is 0.312 e. The SMILES string of the molecule is CC1C=CC2=CCCC(OC(=O)C(C)(C)C(C)C)C2C1CCC1CC(O)CC(=O)O1. The highest BCUT2D eigenvalue weighted by Crippen LogP contribution is 2.44. The highest BCUT2D eigenvalue weighted by Gasteiger charge is 2.43. The van der Waals surface area contributed by atoms with Crippen molar-refractivity contribution in [1.82, 2.24) is 0 Å². The van der Waals surface area contributed by atoms with Crippen LogP contribution in [0.15, 0.2) is 23.8 Å². The zero-order valence-electron chi connectivity index (χ0n) is 19.1. The third-order valence-corrected chi connectivity index (χ3v) is 7.63. The molecule has 1 aliphatic heterocycles. The zero-order chi connectivity index (χ0) is 22.1. The minimum atomic E-state index is -0.600. The highest BCUT2D eigenvalue weighted by atomic mass is 16.6. The third kappa shape index (κ3) is 4.99. The monoisotopic (exact) mass is 418 g/mol. The van der Waals surface area contributed by atoms with E-state index >= 15 is 0 Å². The molecule has 2 aliphatic carbocycles. The molecular formula is C25H38O5. The van der Waals surface area contributed by atoms with Gasteiger partial charge in [0.15, 0.2) is 0 Å². The van der Waals surface area contributed by atoms with E-state index in [0.29, 0.717) is 18.3 Å². The summed E-state index contributed by atoms with van der Waals surface area (Å²) in [5, 5.41) is 9.91. The van der Waals surface area contributed by atoms with Gasteiger partial charge in [0, 0.05) is 12.3 Å². The molecule has 0 aromatic carbocycles. The molecule has 0 saturated carbocycles. The molecule has 0 amide bonds. The standard InChI is InChI=1S/C25H38O5/c1-15(2)25(4,5)24(28)30-21-8-6-7-17-10-9-16(3)20(23(17)21)12-11-19-13-18(26)14-22(27)29-19/h7,9-10,15-16,18-21,23,26H,6,8,11-14H2,1-5H3. The van der Waals surface area contributed by atoms with Gasteiger partial charge in [-0.3, -0.25) is 9.59 Å². The van der Waals surface area contributed by atoms with Gasteiger partial charge >= 0.3 is 11.9 Å². The van der Waals surface area contributed by atoms with Crippen LogP contribution in [0.25, 0.3) is 0 Å². The van der Waals surface area contributed by atoms with Crippen molar-refractivity contribution in [2.75, 3.05) is 0 Å². The number of hydrogen-bond acceptors (Lipinski definition) is 5. The van der Waals surface area contributed by atoms with Gasteiger partial charge in [0.25, 0.3) is 0 Å². The van der Waals surface area contributed by atoms with E-state index in [1.54, 1.807) is 0 Å². The normalized spacial score (nSPS) is 34.2. The van der Waals surface area contributed by atoms with Gasteiger partial charge in [-0.1, -0.05) is 39.0 Å². The summed E-state index contributed by atoms with van der Waals surface area (Å²) in [7, 11) is 0. The fraction of sp³-hybridized carbons (Fsp3) is 0.760. The largest absolute Gasteiger partial charge is 0.462 e. The Morgan fingerprint density at radius 1 is 1.33 bits per heavy atom. The molecule has 5 heteroatoms. The van der Waals surface area contributed by atoms with E-state index in [-0.39, 0.29) is 42.4 Å². The second-order valence-electron chi connectivity index (χ2n) is 10.3. The Hall–Kier alpha value is -1.62. The summed E-state index contributed by atoms with van der Waals surface area (Å²) < 4.78 is 11.6. The fourth-order valence-corrected chi connectivity index (χ4v) is 4.90. The Bertz CT molecular complexity index is 704. The predicted octanol–water partition coefficient (Wildman–Crippen LogP) is 4.59. The number of aliphatic hydroxyl groups is 1. The van der Waals surface area contributed by atoms with Gasteiger partial charge in [-0.2, -0.15) is 0 Å². The van der Waals surface area contributed by atoms with Crippen LogP contribution in [0.1, 0.15) is 73.1 Å². The molecule has 6 atom stereocenters. The minimum Gasteiger partial charge on any atom is -0.462 e. The molecular weight excluding hydrogens is 380 g/mol. The molecule has 0 aromatic rings. The van der Waals surface area contributed by atoms with Crippen LogP contribution in [-0.4, -0.2) is 35.4 Å². The molecule has 0 radical (unpaired) electrons. The first-order valence-corrected chi connectivity index (χ1v) is 11.6. The van der Waals surface area contributed by atoms with E-state index in [1.807, 2.05) is 13.8 Å². The van der Waals surface area contributed by atoms with Crippen LogP contribution in [0.3, 0.4) is 0 Å². The number of allylic oxidation sites excluding steroid dienone is 3. The number of carbonyl (C=O) groups excluding carboxylic acids is 2. The van der Waals surface area contributed by atoms with E-state index in [4.69, 9.17) is 9.47 Å². The number of rotatable bonds is 6.